The van der Waals surface area contributed by atoms with Crippen LogP contribution in [0.25, 0.3) is 6.08 Å². The molecule has 4 rings (SSSR count). The Bertz CT molecular complexity index is 944. The minimum absolute atomic E-state index is 0.125. The first kappa shape index (κ1) is 16.3. The summed E-state index contributed by atoms with van der Waals surface area (Å²) in [4.78, 5) is 26.3. The van der Waals surface area contributed by atoms with Gasteiger partial charge in [-0.2, -0.15) is 0 Å². The molecule has 0 radical (unpaired) electrons. The van der Waals surface area contributed by atoms with Crippen LogP contribution in [0.5, 0.6) is 11.5 Å². The predicted octanol–water partition coefficient (Wildman–Crippen LogP) is 4.96. The molecular weight excluding hydrogens is 385 g/mol. The van der Waals surface area contributed by atoms with E-state index in [1.54, 1.807) is 42.5 Å². The maximum Gasteiger partial charge on any atom is 0.298 e. The summed E-state index contributed by atoms with van der Waals surface area (Å²) in [6, 6.07) is 9.87. The lowest BCUT2D eigenvalue weighted by Gasteiger charge is -2.12. The molecule has 2 heterocycles. The fourth-order valence-corrected chi connectivity index (χ4v) is 3.72. The van der Waals surface area contributed by atoms with Crippen LogP contribution < -0.4 is 14.4 Å². The zero-order valence-electron chi connectivity index (χ0n) is 12.5. The Hall–Kier alpha value is -2.15. The number of amides is 2. The van der Waals surface area contributed by atoms with Gasteiger partial charge in [0, 0.05) is 11.1 Å². The van der Waals surface area contributed by atoms with Gasteiger partial charge in [0.1, 0.15) is 0 Å². The fourth-order valence-electron chi connectivity index (χ4n) is 2.49. The lowest BCUT2D eigenvalue weighted by atomic mass is 10.1. The molecule has 0 N–H and O–H groups in total. The van der Waals surface area contributed by atoms with Gasteiger partial charge in [-0.1, -0.05) is 29.3 Å². The van der Waals surface area contributed by atoms with Gasteiger partial charge in [0.15, 0.2) is 11.5 Å². The minimum atomic E-state index is -0.425. The second-order valence-corrected chi connectivity index (χ2v) is 7.06. The lowest BCUT2D eigenvalue weighted by Crippen LogP contribution is -2.27. The highest BCUT2D eigenvalue weighted by Gasteiger charge is 2.36. The molecule has 2 aliphatic rings. The molecule has 0 unspecified atom stereocenters. The minimum Gasteiger partial charge on any atom is -0.454 e. The largest absolute Gasteiger partial charge is 0.454 e. The van der Waals surface area contributed by atoms with Crippen LogP contribution in [0.15, 0.2) is 41.3 Å². The van der Waals surface area contributed by atoms with Crippen molar-refractivity contribution in [3.05, 3.63) is 56.9 Å². The normalized spacial score (nSPS) is 17.7. The molecule has 1 saturated heterocycles. The molecule has 0 bridgehead atoms. The zero-order valence-corrected chi connectivity index (χ0v) is 14.8. The van der Waals surface area contributed by atoms with E-state index in [-0.39, 0.29) is 11.7 Å². The number of benzene rings is 2. The summed E-state index contributed by atoms with van der Waals surface area (Å²) in [5.74, 6) is 0.671. The molecular formula is C17H9Cl2NO4S. The topological polar surface area (TPSA) is 55.8 Å². The SMILES string of the molecule is O=C1S/C(=C\c2cc3c(cc2Cl)OCO3)C(=O)N1c1cccc(Cl)c1. The monoisotopic (exact) mass is 393 g/mol. The number of fused-ring (bicyclic) bond motifs is 1. The van der Waals surface area contributed by atoms with Gasteiger partial charge in [-0.05, 0) is 47.7 Å². The molecule has 2 aliphatic heterocycles. The van der Waals surface area contributed by atoms with E-state index in [0.717, 1.165) is 16.7 Å². The van der Waals surface area contributed by atoms with Crippen LogP contribution in [0, 0.1) is 0 Å². The predicted molar refractivity (Wildman–Crippen MR) is 97.5 cm³/mol. The number of nitrogens with zero attached hydrogens (tertiary/aromatic N) is 1. The summed E-state index contributed by atoms with van der Waals surface area (Å²) in [7, 11) is 0. The summed E-state index contributed by atoms with van der Waals surface area (Å²) >= 11 is 13.0. The molecule has 8 heteroatoms. The second-order valence-electron chi connectivity index (χ2n) is 5.22. The highest BCUT2D eigenvalue weighted by Crippen LogP contribution is 2.40. The number of carbonyl (C=O) groups excluding carboxylic acids is 2. The molecule has 0 atom stereocenters. The quantitative estimate of drug-likeness (QED) is 0.674. The third kappa shape index (κ3) is 2.97. The first-order valence-corrected chi connectivity index (χ1v) is 8.73. The maximum atomic E-state index is 12.7. The fraction of sp³-hybridized carbons (Fsp3) is 0.0588. The summed E-state index contributed by atoms with van der Waals surface area (Å²) in [6.07, 6.45) is 1.57. The second kappa shape index (κ2) is 6.29. The van der Waals surface area contributed by atoms with Crippen molar-refractivity contribution in [1.82, 2.24) is 0 Å². The molecule has 2 aromatic rings. The first-order valence-electron chi connectivity index (χ1n) is 7.15. The van der Waals surface area contributed by atoms with Crippen molar-refractivity contribution < 1.29 is 19.1 Å². The molecule has 25 heavy (non-hydrogen) atoms. The van der Waals surface area contributed by atoms with Crippen molar-refractivity contribution in [2.75, 3.05) is 11.7 Å². The molecule has 126 valence electrons. The number of imide groups is 1. The van der Waals surface area contributed by atoms with Crippen molar-refractivity contribution in [3.63, 3.8) is 0 Å². The summed E-state index contributed by atoms with van der Waals surface area (Å²) in [6.45, 7) is 0.125. The van der Waals surface area contributed by atoms with Crippen LogP contribution in [0.4, 0.5) is 10.5 Å². The Morgan fingerprint density at radius 3 is 2.60 bits per heavy atom. The van der Waals surface area contributed by atoms with Crippen LogP contribution >= 0.6 is 35.0 Å². The van der Waals surface area contributed by atoms with Gasteiger partial charge >= 0.3 is 0 Å². The first-order chi connectivity index (χ1) is 12.0. The van der Waals surface area contributed by atoms with Gasteiger partial charge in [-0.15, -0.1) is 0 Å². The smallest absolute Gasteiger partial charge is 0.298 e. The highest BCUT2D eigenvalue weighted by atomic mass is 35.5. The molecule has 0 spiro atoms. The number of ether oxygens (including phenoxy) is 2. The van der Waals surface area contributed by atoms with E-state index in [1.165, 1.54) is 0 Å². The number of anilines is 1. The molecule has 5 nitrogen and oxygen atoms in total. The Morgan fingerprint density at radius 2 is 1.84 bits per heavy atom. The molecule has 2 amide bonds. The molecule has 0 aliphatic carbocycles. The van der Waals surface area contributed by atoms with Gasteiger partial charge in [-0.25, -0.2) is 4.90 Å². The van der Waals surface area contributed by atoms with Gasteiger partial charge in [0.05, 0.1) is 15.6 Å². The van der Waals surface area contributed by atoms with Crippen LogP contribution in [-0.2, 0) is 4.79 Å². The Balaban J connectivity index is 1.69. The number of hydrogen-bond donors (Lipinski definition) is 0. The van der Waals surface area contributed by atoms with E-state index in [4.69, 9.17) is 32.7 Å². The van der Waals surface area contributed by atoms with Crippen molar-refractivity contribution in [2.45, 2.75) is 0 Å². The Morgan fingerprint density at radius 1 is 1.08 bits per heavy atom. The van der Waals surface area contributed by atoms with E-state index in [0.29, 0.717) is 32.8 Å². The van der Waals surface area contributed by atoms with E-state index in [2.05, 4.69) is 0 Å². The third-order valence-electron chi connectivity index (χ3n) is 3.64. The lowest BCUT2D eigenvalue weighted by molar-refractivity contribution is -0.113. The number of hydrogen-bond acceptors (Lipinski definition) is 5. The van der Waals surface area contributed by atoms with Crippen LogP contribution in [-0.4, -0.2) is 17.9 Å². The van der Waals surface area contributed by atoms with Crippen molar-refractivity contribution in [1.29, 1.82) is 0 Å². The van der Waals surface area contributed by atoms with Gasteiger partial charge in [-0.3, -0.25) is 9.59 Å². The Labute approximate surface area is 157 Å². The van der Waals surface area contributed by atoms with E-state index in [1.807, 2.05) is 0 Å². The van der Waals surface area contributed by atoms with Crippen LogP contribution in [0.1, 0.15) is 5.56 Å². The maximum absolute atomic E-state index is 12.7. The molecule has 0 aromatic heterocycles. The van der Waals surface area contributed by atoms with Crippen LogP contribution in [0.2, 0.25) is 10.0 Å². The number of carbonyl (C=O) groups is 2. The molecule has 0 saturated carbocycles. The van der Waals surface area contributed by atoms with Crippen LogP contribution in [0.3, 0.4) is 0 Å². The van der Waals surface area contributed by atoms with Crippen molar-refractivity contribution in [3.8, 4) is 11.5 Å². The van der Waals surface area contributed by atoms with Crippen molar-refractivity contribution >= 4 is 57.9 Å². The van der Waals surface area contributed by atoms with Gasteiger partial charge in [0.2, 0.25) is 6.79 Å². The standard InChI is InChI=1S/C17H9Cl2NO4S/c18-10-2-1-3-11(6-10)20-16(21)15(25-17(20)22)5-9-4-13-14(7-12(9)19)24-8-23-13/h1-7H,8H2/b15-5-. The van der Waals surface area contributed by atoms with Gasteiger partial charge < -0.3 is 9.47 Å². The average molecular weight is 394 g/mol. The van der Waals surface area contributed by atoms with E-state index < -0.39 is 11.1 Å². The van der Waals surface area contributed by atoms with Gasteiger partial charge in [0.25, 0.3) is 11.1 Å². The summed E-state index contributed by atoms with van der Waals surface area (Å²) < 4.78 is 10.6. The van der Waals surface area contributed by atoms with E-state index >= 15 is 0 Å². The highest BCUT2D eigenvalue weighted by molar-refractivity contribution is 8.19. The van der Waals surface area contributed by atoms with E-state index in [9.17, 15) is 9.59 Å². The summed E-state index contributed by atoms with van der Waals surface area (Å²) in [5.41, 5.74) is 0.998. The molecule has 1 fully saturated rings. The molecule has 2 aromatic carbocycles. The third-order valence-corrected chi connectivity index (χ3v) is 5.07. The number of halogens is 2. The zero-order chi connectivity index (χ0) is 17.6. The summed E-state index contributed by atoms with van der Waals surface area (Å²) in [5, 5.41) is 0.452. The van der Waals surface area contributed by atoms with Crippen molar-refractivity contribution in [2.24, 2.45) is 0 Å². The number of thioether (sulfide) groups is 1. The number of rotatable bonds is 2. The average Bonchev–Trinajstić information content (AvgIpc) is 3.12. The Kier molecular flexibility index (Phi) is 4.11.